The van der Waals surface area contributed by atoms with Crippen LogP contribution in [0.1, 0.15) is 24.0 Å². The van der Waals surface area contributed by atoms with Crippen molar-refractivity contribution < 1.29 is 12.8 Å². The van der Waals surface area contributed by atoms with Crippen LogP contribution in [-0.4, -0.2) is 23.7 Å². The fourth-order valence-corrected chi connectivity index (χ4v) is 4.20. The Bertz CT molecular complexity index is 774. The Morgan fingerprint density at radius 1 is 1.32 bits per heavy atom. The highest BCUT2D eigenvalue weighted by atomic mass is 32.2. The van der Waals surface area contributed by atoms with E-state index in [0.29, 0.717) is 0 Å². The number of hydrogen-bond donors (Lipinski definition) is 0. The van der Waals surface area contributed by atoms with Crippen molar-refractivity contribution in [3.05, 3.63) is 59.7 Å². The molecule has 0 aliphatic heterocycles. The summed E-state index contributed by atoms with van der Waals surface area (Å²) >= 11 is 0. The van der Waals surface area contributed by atoms with Gasteiger partial charge in [-0.15, -0.1) is 0 Å². The highest BCUT2D eigenvalue weighted by molar-refractivity contribution is 7.89. The Balaban J connectivity index is 1.98. The third-order valence-electron chi connectivity index (χ3n) is 3.69. The third kappa shape index (κ3) is 3.03. The number of halogens is 1. The van der Waals surface area contributed by atoms with Crippen LogP contribution in [-0.2, 0) is 16.6 Å². The van der Waals surface area contributed by atoms with Crippen molar-refractivity contribution in [2.75, 3.05) is 0 Å². The van der Waals surface area contributed by atoms with E-state index in [-0.39, 0.29) is 17.5 Å². The second kappa shape index (κ2) is 5.78. The molecule has 1 fully saturated rings. The molecule has 2 aromatic rings. The van der Waals surface area contributed by atoms with Crippen molar-refractivity contribution in [3.63, 3.8) is 0 Å². The highest BCUT2D eigenvalue weighted by Gasteiger charge is 2.39. The van der Waals surface area contributed by atoms with Crippen molar-refractivity contribution in [2.24, 2.45) is 0 Å². The molecule has 1 heterocycles. The minimum absolute atomic E-state index is 0.0508. The van der Waals surface area contributed by atoms with Gasteiger partial charge in [-0.1, -0.05) is 12.1 Å². The van der Waals surface area contributed by atoms with E-state index >= 15 is 0 Å². The molecule has 0 radical (unpaired) electrons. The molecule has 0 amide bonds. The molecule has 116 valence electrons. The number of hydrogen-bond acceptors (Lipinski definition) is 3. The summed E-state index contributed by atoms with van der Waals surface area (Å²) in [6.07, 6.45) is 4.90. The normalized spacial score (nSPS) is 15.2. The summed E-state index contributed by atoms with van der Waals surface area (Å²) < 4.78 is 41.1. The zero-order chi connectivity index (χ0) is 15.7. The fraction of sp³-hybridized carbons (Fsp3) is 0.312. The Hall–Kier alpha value is -1.79. The van der Waals surface area contributed by atoms with Gasteiger partial charge in [0.1, 0.15) is 10.7 Å². The highest BCUT2D eigenvalue weighted by Crippen LogP contribution is 2.34. The summed E-state index contributed by atoms with van der Waals surface area (Å²) in [5.41, 5.74) is 1.52. The van der Waals surface area contributed by atoms with Gasteiger partial charge in [0.05, 0.1) is 0 Å². The lowest BCUT2D eigenvalue weighted by molar-refractivity contribution is 0.395. The maximum atomic E-state index is 14.0. The molecule has 1 aromatic carbocycles. The SMILES string of the molecule is Cc1ccc(F)c(S(=O)(=O)N(Cc2cccnc2)C2CC2)c1. The van der Waals surface area contributed by atoms with Crippen molar-refractivity contribution in [3.8, 4) is 0 Å². The van der Waals surface area contributed by atoms with E-state index in [1.54, 1.807) is 31.5 Å². The van der Waals surface area contributed by atoms with Crippen LogP contribution < -0.4 is 0 Å². The van der Waals surface area contributed by atoms with Gasteiger partial charge in [-0.25, -0.2) is 12.8 Å². The van der Waals surface area contributed by atoms with Crippen molar-refractivity contribution in [1.29, 1.82) is 0 Å². The molecule has 0 bridgehead atoms. The van der Waals surface area contributed by atoms with E-state index in [1.807, 2.05) is 6.07 Å². The van der Waals surface area contributed by atoms with Gasteiger partial charge in [-0.2, -0.15) is 4.31 Å². The number of rotatable bonds is 5. The van der Waals surface area contributed by atoms with Gasteiger partial charge in [0, 0.05) is 25.0 Å². The predicted octanol–water partition coefficient (Wildman–Crippen LogP) is 2.88. The standard InChI is InChI=1S/C16H17FN2O2S/c1-12-4-7-15(17)16(9-12)22(20,21)19(14-5-6-14)11-13-3-2-8-18-10-13/h2-4,7-10,14H,5-6,11H2,1H3. The van der Waals surface area contributed by atoms with Gasteiger partial charge in [-0.05, 0) is 49.1 Å². The van der Waals surface area contributed by atoms with Crippen LogP contribution in [0.25, 0.3) is 0 Å². The lowest BCUT2D eigenvalue weighted by atomic mass is 10.2. The lowest BCUT2D eigenvalue weighted by Crippen LogP contribution is -2.33. The summed E-state index contributed by atoms with van der Waals surface area (Å²) in [7, 11) is -3.86. The molecule has 0 atom stereocenters. The van der Waals surface area contributed by atoms with Crippen molar-refractivity contribution in [2.45, 2.75) is 37.2 Å². The maximum absolute atomic E-state index is 14.0. The first-order chi connectivity index (χ1) is 10.5. The summed E-state index contributed by atoms with van der Waals surface area (Å²) in [6.45, 7) is 1.97. The first-order valence-electron chi connectivity index (χ1n) is 7.15. The molecule has 1 aliphatic carbocycles. The second-order valence-electron chi connectivity index (χ2n) is 5.58. The van der Waals surface area contributed by atoms with Gasteiger partial charge < -0.3 is 0 Å². The molecular weight excluding hydrogens is 303 g/mol. The first kappa shape index (κ1) is 15.1. The first-order valence-corrected chi connectivity index (χ1v) is 8.59. The minimum Gasteiger partial charge on any atom is -0.264 e. The average molecular weight is 320 g/mol. The zero-order valence-electron chi connectivity index (χ0n) is 12.2. The van der Waals surface area contributed by atoms with E-state index in [9.17, 15) is 12.8 Å². The van der Waals surface area contributed by atoms with Crippen molar-refractivity contribution in [1.82, 2.24) is 9.29 Å². The quantitative estimate of drug-likeness (QED) is 0.851. The Kier molecular flexibility index (Phi) is 3.97. The number of sulfonamides is 1. The summed E-state index contributed by atoms with van der Waals surface area (Å²) in [5, 5.41) is 0. The molecule has 0 unspecified atom stereocenters. The molecule has 1 aliphatic rings. The molecule has 4 nitrogen and oxygen atoms in total. The van der Waals surface area contributed by atoms with Crippen LogP contribution in [0.4, 0.5) is 4.39 Å². The fourth-order valence-electron chi connectivity index (χ4n) is 2.38. The summed E-state index contributed by atoms with van der Waals surface area (Å²) in [4.78, 5) is 3.76. The van der Waals surface area contributed by atoms with E-state index in [1.165, 1.54) is 16.4 Å². The number of nitrogens with zero attached hydrogens (tertiary/aromatic N) is 2. The number of benzene rings is 1. The van der Waals surface area contributed by atoms with Crippen LogP contribution in [0.3, 0.4) is 0 Å². The van der Waals surface area contributed by atoms with Crippen LogP contribution in [0.2, 0.25) is 0 Å². The molecule has 1 aromatic heterocycles. The number of pyridine rings is 1. The van der Waals surface area contributed by atoms with Crippen molar-refractivity contribution >= 4 is 10.0 Å². The summed E-state index contributed by atoms with van der Waals surface area (Å²) in [6, 6.07) is 7.70. The van der Waals surface area contributed by atoms with Gasteiger partial charge in [0.25, 0.3) is 0 Å². The van der Waals surface area contributed by atoms with Gasteiger partial charge in [0.15, 0.2) is 0 Å². The van der Waals surface area contributed by atoms with Crippen LogP contribution in [0, 0.1) is 12.7 Å². The van der Waals surface area contributed by atoms with Gasteiger partial charge in [-0.3, -0.25) is 4.98 Å². The Morgan fingerprint density at radius 3 is 2.73 bits per heavy atom. The zero-order valence-corrected chi connectivity index (χ0v) is 13.1. The number of aryl methyl sites for hydroxylation is 1. The maximum Gasteiger partial charge on any atom is 0.246 e. The van der Waals surface area contributed by atoms with Gasteiger partial charge >= 0.3 is 0 Å². The average Bonchev–Trinajstić information content (AvgIpc) is 3.32. The number of aromatic nitrogens is 1. The molecule has 6 heteroatoms. The molecule has 3 rings (SSSR count). The topological polar surface area (TPSA) is 50.3 Å². The minimum atomic E-state index is -3.86. The lowest BCUT2D eigenvalue weighted by Gasteiger charge is -2.22. The van der Waals surface area contributed by atoms with Crippen LogP contribution in [0.5, 0.6) is 0 Å². The second-order valence-corrected chi connectivity index (χ2v) is 7.44. The molecule has 1 saturated carbocycles. The Morgan fingerprint density at radius 2 is 2.09 bits per heavy atom. The predicted molar refractivity (Wildman–Crippen MR) is 81.1 cm³/mol. The Labute approximate surface area is 129 Å². The van der Waals surface area contributed by atoms with Gasteiger partial charge in [0.2, 0.25) is 10.0 Å². The third-order valence-corrected chi connectivity index (χ3v) is 5.60. The molecule has 22 heavy (non-hydrogen) atoms. The molecule has 0 spiro atoms. The van der Waals surface area contributed by atoms with E-state index < -0.39 is 15.8 Å². The summed E-state index contributed by atoms with van der Waals surface area (Å²) in [5.74, 6) is -0.706. The molecule has 0 N–H and O–H groups in total. The smallest absolute Gasteiger partial charge is 0.246 e. The monoisotopic (exact) mass is 320 g/mol. The largest absolute Gasteiger partial charge is 0.264 e. The molecular formula is C16H17FN2O2S. The molecule has 0 saturated heterocycles. The van der Waals surface area contributed by atoms with Crippen LogP contribution in [0.15, 0.2) is 47.6 Å². The van der Waals surface area contributed by atoms with Crippen LogP contribution >= 0.6 is 0 Å². The van der Waals surface area contributed by atoms with E-state index in [4.69, 9.17) is 0 Å². The van der Waals surface area contributed by atoms with E-state index in [2.05, 4.69) is 4.98 Å². The van der Waals surface area contributed by atoms with E-state index in [0.717, 1.165) is 24.0 Å².